The van der Waals surface area contributed by atoms with Crippen molar-refractivity contribution in [3.05, 3.63) is 64.1 Å². The Morgan fingerprint density at radius 1 is 1.04 bits per heavy atom. The SMILES string of the molecule is Cc1ccc(OCC(=O)Nc2nnc(COc3ccc(Cl)cc3)s2)cc1. The van der Waals surface area contributed by atoms with E-state index in [1.807, 2.05) is 31.2 Å². The summed E-state index contributed by atoms with van der Waals surface area (Å²) in [7, 11) is 0. The number of aryl methyl sites for hydroxylation is 1. The van der Waals surface area contributed by atoms with Crippen molar-refractivity contribution < 1.29 is 14.3 Å². The van der Waals surface area contributed by atoms with Crippen LogP contribution < -0.4 is 14.8 Å². The predicted molar refractivity (Wildman–Crippen MR) is 101 cm³/mol. The van der Waals surface area contributed by atoms with Crippen LogP contribution in [0.2, 0.25) is 5.02 Å². The van der Waals surface area contributed by atoms with Crippen LogP contribution in [-0.4, -0.2) is 22.7 Å². The molecule has 0 bridgehead atoms. The topological polar surface area (TPSA) is 73.3 Å². The summed E-state index contributed by atoms with van der Waals surface area (Å²) >= 11 is 7.07. The van der Waals surface area contributed by atoms with E-state index in [-0.39, 0.29) is 19.1 Å². The summed E-state index contributed by atoms with van der Waals surface area (Å²) < 4.78 is 11.0. The molecule has 0 spiro atoms. The lowest BCUT2D eigenvalue weighted by Crippen LogP contribution is -2.20. The van der Waals surface area contributed by atoms with Crippen LogP contribution in [0.25, 0.3) is 0 Å². The summed E-state index contributed by atoms with van der Waals surface area (Å²) in [5.41, 5.74) is 1.13. The Kier molecular flexibility index (Phi) is 6.04. The normalized spacial score (nSPS) is 10.4. The molecule has 1 heterocycles. The van der Waals surface area contributed by atoms with Crippen LogP contribution in [0.1, 0.15) is 10.6 Å². The van der Waals surface area contributed by atoms with E-state index in [1.165, 1.54) is 11.3 Å². The first-order chi connectivity index (χ1) is 12.6. The number of nitrogens with zero attached hydrogens (tertiary/aromatic N) is 2. The van der Waals surface area contributed by atoms with E-state index < -0.39 is 0 Å². The maximum absolute atomic E-state index is 11.9. The van der Waals surface area contributed by atoms with Gasteiger partial charge in [0.15, 0.2) is 11.6 Å². The van der Waals surface area contributed by atoms with E-state index in [0.29, 0.717) is 26.7 Å². The molecule has 3 aromatic rings. The summed E-state index contributed by atoms with van der Waals surface area (Å²) in [6.07, 6.45) is 0. The molecular formula is C18H16ClN3O3S. The van der Waals surface area contributed by atoms with E-state index in [2.05, 4.69) is 15.5 Å². The molecule has 0 saturated carbocycles. The molecule has 6 nitrogen and oxygen atoms in total. The molecule has 0 aliphatic rings. The van der Waals surface area contributed by atoms with Gasteiger partial charge < -0.3 is 9.47 Å². The highest BCUT2D eigenvalue weighted by atomic mass is 35.5. The standard InChI is InChI=1S/C18H16ClN3O3S/c1-12-2-6-14(7-3-12)24-10-16(23)20-18-22-21-17(26-18)11-25-15-8-4-13(19)5-9-15/h2-9H,10-11H2,1H3,(H,20,22,23). The molecule has 0 atom stereocenters. The van der Waals surface area contributed by atoms with Crippen molar-refractivity contribution >= 4 is 34.0 Å². The minimum Gasteiger partial charge on any atom is -0.486 e. The average Bonchev–Trinajstić information content (AvgIpc) is 3.08. The smallest absolute Gasteiger partial charge is 0.264 e. The van der Waals surface area contributed by atoms with E-state index in [4.69, 9.17) is 21.1 Å². The molecule has 3 rings (SSSR count). The van der Waals surface area contributed by atoms with Gasteiger partial charge >= 0.3 is 0 Å². The van der Waals surface area contributed by atoms with Gasteiger partial charge in [0.25, 0.3) is 5.91 Å². The van der Waals surface area contributed by atoms with Crippen molar-refractivity contribution in [1.29, 1.82) is 0 Å². The van der Waals surface area contributed by atoms with Crippen LogP contribution in [0.5, 0.6) is 11.5 Å². The number of benzene rings is 2. The van der Waals surface area contributed by atoms with Gasteiger partial charge in [0.1, 0.15) is 18.1 Å². The molecule has 26 heavy (non-hydrogen) atoms. The molecule has 8 heteroatoms. The monoisotopic (exact) mass is 389 g/mol. The number of amides is 1. The molecule has 0 unspecified atom stereocenters. The van der Waals surface area contributed by atoms with Gasteiger partial charge in [-0.2, -0.15) is 0 Å². The Bertz CT molecular complexity index is 866. The van der Waals surface area contributed by atoms with E-state index in [0.717, 1.165) is 5.56 Å². The number of hydrogen-bond donors (Lipinski definition) is 1. The summed E-state index contributed by atoms with van der Waals surface area (Å²) in [4.78, 5) is 11.9. The van der Waals surface area contributed by atoms with Gasteiger partial charge in [-0.1, -0.05) is 40.6 Å². The third-order valence-electron chi connectivity index (χ3n) is 3.28. The second kappa shape index (κ2) is 8.64. The number of aromatic nitrogens is 2. The molecule has 1 amide bonds. The number of carbonyl (C=O) groups is 1. The molecule has 0 fully saturated rings. The molecule has 1 aromatic heterocycles. The number of rotatable bonds is 7. The van der Waals surface area contributed by atoms with Gasteiger partial charge in [0, 0.05) is 5.02 Å². The number of halogens is 1. The zero-order chi connectivity index (χ0) is 18.4. The minimum absolute atomic E-state index is 0.0980. The van der Waals surface area contributed by atoms with Crippen LogP contribution in [0.3, 0.4) is 0 Å². The third kappa shape index (κ3) is 5.44. The van der Waals surface area contributed by atoms with Crippen molar-refractivity contribution in [2.24, 2.45) is 0 Å². The highest BCUT2D eigenvalue weighted by Crippen LogP contribution is 2.20. The highest BCUT2D eigenvalue weighted by molar-refractivity contribution is 7.15. The van der Waals surface area contributed by atoms with Crippen molar-refractivity contribution in [3.63, 3.8) is 0 Å². The molecule has 0 saturated heterocycles. The first-order valence-corrected chi connectivity index (χ1v) is 8.98. The fourth-order valence-electron chi connectivity index (χ4n) is 1.98. The van der Waals surface area contributed by atoms with Gasteiger partial charge in [-0.15, -0.1) is 10.2 Å². The van der Waals surface area contributed by atoms with Crippen LogP contribution in [-0.2, 0) is 11.4 Å². The van der Waals surface area contributed by atoms with E-state index >= 15 is 0 Å². The maximum Gasteiger partial charge on any atom is 0.264 e. The fourth-order valence-corrected chi connectivity index (χ4v) is 2.77. The molecular weight excluding hydrogens is 374 g/mol. The number of carbonyl (C=O) groups excluding carboxylic acids is 1. The van der Waals surface area contributed by atoms with Crippen molar-refractivity contribution in [2.75, 3.05) is 11.9 Å². The largest absolute Gasteiger partial charge is 0.486 e. The number of hydrogen-bond acceptors (Lipinski definition) is 6. The molecule has 0 aliphatic carbocycles. The van der Waals surface area contributed by atoms with Crippen molar-refractivity contribution in [2.45, 2.75) is 13.5 Å². The first kappa shape index (κ1) is 18.2. The average molecular weight is 390 g/mol. The lowest BCUT2D eigenvalue weighted by molar-refractivity contribution is -0.118. The second-order valence-corrected chi connectivity index (χ2v) is 6.89. The number of anilines is 1. The van der Waals surface area contributed by atoms with Crippen LogP contribution >= 0.6 is 22.9 Å². The summed E-state index contributed by atoms with van der Waals surface area (Å²) in [5, 5.41) is 12.3. The maximum atomic E-state index is 11.9. The van der Waals surface area contributed by atoms with Gasteiger partial charge in [0.2, 0.25) is 5.13 Å². The minimum atomic E-state index is -0.299. The second-order valence-electron chi connectivity index (χ2n) is 5.39. The third-order valence-corrected chi connectivity index (χ3v) is 4.34. The quantitative estimate of drug-likeness (QED) is 0.658. The van der Waals surface area contributed by atoms with E-state index in [9.17, 15) is 4.79 Å². The summed E-state index contributed by atoms with van der Waals surface area (Å²) in [6, 6.07) is 14.5. The Morgan fingerprint density at radius 2 is 1.69 bits per heavy atom. The van der Waals surface area contributed by atoms with Gasteiger partial charge in [-0.3, -0.25) is 10.1 Å². The highest BCUT2D eigenvalue weighted by Gasteiger charge is 2.09. The lowest BCUT2D eigenvalue weighted by Gasteiger charge is -2.05. The molecule has 2 aromatic carbocycles. The zero-order valence-electron chi connectivity index (χ0n) is 13.9. The van der Waals surface area contributed by atoms with Crippen molar-refractivity contribution in [3.8, 4) is 11.5 Å². The fraction of sp³-hybridized carbons (Fsp3) is 0.167. The van der Waals surface area contributed by atoms with E-state index in [1.54, 1.807) is 24.3 Å². The Balaban J connectivity index is 1.45. The summed E-state index contributed by atoms with van der Waals surface area (Å²) in [5.74, 6) is 1.02. The molecule has 134 valence electrons. The van der Waals surface area contributed by atoms with Crippen molar-refractivity contribution in [1.82, 2.24) is 10.2 Å². The Morgan fingerprint density at radius 3 is 2.42 bits per heavy atom. The zero-order valence-corrected chi connectivity index (χ0v) is 15.5. The number of nitrogens with one attached hydrogen (secondary N) is 1. The van der Waals surface area contributed by atoms with Gasteiger partial charge in [-0.05, 0) is 43.3 Å². The first-order valence-electron chi connectivity index (χ1n) is 7.78. The summed E-state index contributed by atoms with van der Waals surface area (Å²) in [6.45, 7) is 2.15. The molecule has 1 N–H and O–H groups in total. The lowest BCUT2D eigenvalue weighted by atomic mass is 10.2. The predicted octanol–water partition coefficient (Wildman–Crippen LogP) is 4.10. The molecule has 0 aliphatic heterocycles. The Labute approximate surface area is 159 Å². The van der Waals surface area contributed by atoms with Crippen LogP contribution in [0.4, 0.5) is 5.13 Å². The molecule has 0 radical (unpaired) electrons. The van der Waals surface area contributed by atoms with Gasteiger partial charge in [0.05, 0.1) is 0 Å². The van der Waals surface area contributed by atoms with Gasteiger partial charge in [-0.25, -0.2) is 0 Å². The van der Waals surface area contributed by atoms with Crippen LogP contribution in [0.15, 0.2) is 48.5 Å². The van der Waals surface area contributed by atoms with Crippen LogP contribution in [0, 0.1) is 6.92 Å². The number of ether oxygens (including phenoxy) is 2. The Hall–Kier alpha value is -2.64.